The molecule has 0 bridgehead atoms. The van der Waals surface area contributed by atoms with Gasteiger partial charge in [-0.05, 0) is 46.4 Å². The van der Waals surface area contributed by atoms with Gasteiger partial charge in [-0.3, -0.25) is 0 Å². The highest BCUT2D eigenvalue weighted by atomic mass is 16.2. The quantitative estimate of drug-likeness (QED) is 0.677. The maximum atomic E-state index is 12.3. The summed E-state index contributed by atoms with van der Waals surface area (Å²) in [5.74, 6) is 0. The molecule has 5 rings (SSSR count). The Morgan fingerprint density at radius 2 is 1.64 bits per heavy atom. The smallest absolute Gasteiger partial charge is 0.319 e. The molecule has 0 saturated heterocycles. The Balaban J connectivity index is 1.66. The molecule has 0 aromatic heterocycles. The van der Waals surface area contributed by atoms with Crippen molar-refractivity contribution in [2.75, 3.05) is 0 Å². The monoisotopic (exact) mass is 326 g/mol. The van der Waals surface area contributed by atoms with Crippen molar-refractivity contribution in [2.45, 2.75) is 18.9 Å². The molecule has 1 aliphatic carbocycles. The molecule has 25 heavy (non-hydrogen) atoms. The van der Waals surface area contributed by atoms with Crippen LogP contribution in [-0.4, -0.2) is 6.03 Å². The van der Waals surface area contributed by atoms with E-state index in [9.17, 15) is 4.79 Å². The van der Waals surface area contributed by atoms with Crippen LogP contribution in [0.5, 0.6) is 0 Å². The minimum Gasteiger partial charge on any atom is -0.327 e. The van der Waals surface area contributed by atoms with Gasteiger partial charge >= 0.3 is 6.03 Å². The lowest BCUT2D eigenvalue weighted by molar-refractivity contribution is 0.240. The van der Waals surface area contributed by atoms with Crippen LogP contribution in [0.3, 0.4) is 0 Å². The highest BCUT2D eigenvalue weighted by Gasteiger charge is 2.31. The topological polar surface area (TPSA) is 41.1 Å². The van der Waals surface area contributed by atoms with Crippen LogP contribution in [0.1, 0.15) is 29.2 Å². The lowest BCUT2D eigenvalue weighted by Gasteiger charge is -2.34. The zero-order valence-corrected chi connectivity index (χ0v) is 13.8. The fourth-order valence-corrected chi connectivity index (χ4v) is 4.03. The van der Waals surface area contributed by atoms with Crippen LogP contribution < -0.4 is 10.6 Å². The third kappa shape index (κ3) is 2.31. The molecular formula is C22H18N2O. The molecule has 3 aromatic carbocycles. The molecule has 2 aliphatic rings. The third-order valence-electron chi connectivity index (χ3n) is 5.24. The lowest BCUT2D eigenvalue weighted by atomic mass is 9.82. The van der Waals surface area contributed by atoms with Gasteiger partial charge in [-0.15, -0.1) is 0 Å². The van der Waals surface area contributed by atoms with Gasteiger partial charge in [0.15, 0.2) is 0 Å². The van der Waals surface area contributed by atoms with Crippen molar-refractivity contribution in [3.8, 4) is 0 Å². The van der Waals surface area contributed by atoms with Crippen molar-refractivity contribution >= 4 is 22.5 Å². The van der Waals surface area contributed by atoms with E-state index in [1.807, 2.05) is 12.1 Å². The molecule has 0 radical (unpaired) electrons. The van der Waals surface area contributed by atoms with E-state index in [2.05, 4.69) is 65.2 Å². The van der Waals surface area contributed by atoms with E-state index in [1.54, 1.807) is 0 Å². The fraction of sp³-hybridized carbons (Fsp3) is 0.136. The number of nitrogens with one attached hydrogen (secondary N) is 2. The van der Waals surface area contributed by atoms with Crippen molar-refractivity contribution in [1.82, 2.24) is 10.6 Å². The van der Waals surface area contributed by atoms with Gasteiger partial charge in [-0.2, -0.15) is 0 Å². The summed E-state index contributed by atoms with van der Waals surface area (Å²) in [4.78, 5) is 12.3. The highest BCUT2D eigenvalue weighted by Crippen LogP contribution is 2.39. The number of carbonyl (C=O) groups is 1. The zero-order valence-electron chi connectivity index (χ0n) is 13.8. The van der Waals surface area contributed by atoms with E-state index >= 15 is 0 Å². The van der Waals surface area contributed by atoms with Crippen molar-refractivity contribution < 1.29 is 4.79 Å². The average molecular weight is 326 g/mol. The first kappa shape index (κ1) is 14.3. The normalized spacial score (nSPS) is 19.0. The minimum atomic E-state index is -0.131. The van der Waals surface area contributed by atoms with Crippen molar-refractivity contribution in [3.63, 3.8) is 0 Å². The zero-order chi connectivity index (χ0) is 16.8. The first-order chi connectivity index (χ1) is 12.3. The molecule has 1 unspecified atom stereocenters. The second-order valence-electron chi connectivity index (χ2n) is 6.70. The summed E-state index contributed by atoms with van der Waals surface area (Å²) in [6, 6.07) is 22.9. The third-order valence-corrected chi connectivity index (χ3v) is 5.24. The molecule has 2 N–H and O–H groups in total. The van der Waals surface area contributed by atoms with Gasteiger partial charge in [0, 0.05) is 5.56 Å². The van der Waals surface area contributed by atoms with Crippen LogP contribution in [0, 0.1) is 0 Å². The van der Waals surface area contributed by atoms with Gasteiger partial charge in [-0.25, -0.2) is 4.79 Å². The first-order valence-corrected chi connectivity index (χ1v) is 8.67. The number of fused-ring (bicyclic) bond motifs is 3. The SMILES string of the molecule is O=C1NC2=C(CCc3ccccc32)C(c2ccc3ccccc3c2)N1. The van der Waals surface area contributed by atoms with Gasteiger partial charge in [0.1, 0.15) is 0 Å². The summed E-state index contributed by atoms with van der Waals surface area (Å²) in [6.45, 7) is 0. The number of rotatable bonds is 1. The molecule has 0 spiro atoms. The highest BCUT2D eigenvalue weighted by molar-refractivity contribution is 5.92. The molecule has 3 heteroatoms. The molecule has 1 atom stereocenters. The number of hydrogen-bond donors (Lipinski definition) is 2. The maximum Gasteiger partial charge on any atom is 0.319 e. The van der Waals surface area contributed by atoms with Crippen molar-refractivity contribution in [2.24, 2.45) is 0 Å². The van der Waals surface area contributed by atoms with Gasteiger partial charge in [0.05, 0.1) is 11.7 Å². The molecule has 1 heterocycles. The van der Waals surface area contributed by atoms with E-state index < -0.39 is 0 Å². The van der Waals surface area contributed by atoms with Gasteiger partial charge in [0.25, 0.3) is 0 Å². The van der Waals surface area contributed by atoms with Crippen LogP contribution in [0.2, 0.25) is 0 Å². The summed E-state index contributed by atoms with van der Waals surface area (Å²) in [5.41, 5.74) is 5.86. The Hall–Kier alpha value is -3.07. The van der Waals surface area contributed by atoms with Crippen LogP contribution in [-0.2, 0) is 6.42 Å². The van der Waals surface area contributed by atoms with Crippen LogP contribution in [0.4, 0.5) is 4.79 Å². The summed E-state index contributed by atoms with van der Waals surface area (Å²) in [5, 5.41) is 8.58. The van der Waals surface area contributed by atoms with E-state index in [0.29, 0.717) is 0 Å². The van der Waals surface area contributed by atoms with E-state index in [1.165, 1.54) is 21.9 Å². The molecule has 0 saturated carbocycles. The number of carbonyl (C=O) groups excluding carboxylic acids is 1. The van der Waals surface area contributed by atoms with E-state index in [4.69, 9.17) is 0 Å². The predicted octanol–water partition coefficient (Wildman–Crippen LogP) is 4.55. The second-order valence-corrected chi connectivity index (χ2v) is 6.70. The number of amides is 2. The summed E-state index contributed by atoms with van der Waals surface area (Å²) >= 11 is 0. The molecule has 122 valence electrons. The number of benzene rings is 3. The van der Waals surface area contributed by atoms with Crippen LogP contribution in [0.25, 0.3) is 16.5 Å². The predicted molar refractivity (Wildman–Crippen MR) is 100 cm³/mol. The molecule has 1 aliphatic heterocycles. The Labute approximate surface area is 146 Å². The average Bonchev–Trinajstić information content (AvgIpc) is 2.67. The Morgan fingerprint density at radius 1 is 0.840 bits per heavy atom. The minimum absolute atomic E-state index is 0.0679. The van der Waals surface area contributed by atoms with Crippen molar-refractivity contribution in [1.29, 1.82) is 0 Å². The number of urea groups is 1. The largest absolute Gasteiger partial charge is 0.327 e. The first-order valence-electron chi connectivity index (χ1n) is 8.67. The van der Waals surface area contributed by atoms with Gasteiger partial charge < -0.3 is 10.6 Å². The van der Waals surface area contributed by atoms with Crippen molar-refractivity contribution in [3.05, 3.63) is 89.0 Å². The Bertz CT molecular complexity index is 1030. The standard InChI is InChI=1S/C22H18N2O/c25-22-23-20(17-10-9-14-5-1-2-7-16(14)13-17)19-12-11-15-6-3-4-8-18(15)21(19)24-22/h1-10,13,20H,11-12H2,(H2,23,24,25). The number of hydrogen-bond acceptors (Lipinski definition) is 1. The summed E-state index contributed by atoms with van der Waals surface area (Å²) in [6.07, 6.45) is 1.97. The maximum absolute atomic E-state index is 12.3. The summed E-state index contributed by atoms with van der Waals surface area (Å²) < 4.78 is 0. The lowest BCUT2D eigenvalue weighted by Crippen LogP contribution is -2.44. The molecule has 2 amide bonds. The van der Waals surface area contributed by atoms with Gasteiger partial charge in [-0.1, -0.05) is 60.7 Å². The second kappa shape index (κ2) is 5.49. The number of aryl methyl sites for hydroxylation is 1. The Kier molecular flexibility index (Phi) is 3.14. The van der Waals surface area contributed by atoms with E-state index in [0.717, 1.165) is 29.7 Å². The van der Waals surface area contributed by atoms with Crippen LogP contribution in [0.15, 0.2) is 72.3 Å². The molecule has 0 fully saturated rings. The fourth-order valence-electron chi connectivity index (χ4n) is 4.03. The van der Waals surface area contributed by atoms with Crippen LogP contribution >= 0.6 is 0 Å². The van der Waals surface area contributed by atoms with Gasteiger partial charge in [0.2, 0.25) is 0 Å². The molecular weight excluding hydrogens is 308 g/mol. The Morgan fingerprint density at radius 3 is 2.56 bits per heavy atom. The summed E-state index contributed by atoms with van der Waals surface area (Å²) in [7, 11) is 0. The van der Waals surface area contributed by atoms with E-state index in [-0.39, 0.29) is 12.1 Å². The molecule has 3 aromatic rings. The molecule has 3 nitrogen and oxygen atoms in total.